The second-order valence-corrected chi connectivity index (χ2v) is 3.34. The van der Waals surface area contributed by atoms with E-state index in [1.54, 1.807) is 11.9 Å². The van der Waals surface area contributed by atoms with Gasteiger partial charge in [0.2, 0.25) is 0 Å². The minimum absolute atomic E-state index is 0.0555. The molecule has 70 valence electrons. The highest BCUT2D eigenvalue weighted by molar-refractivity contribution is 9.09. The van der Waals surface area contributed by atoms with E-state index in [2.05, 4.69) is 25.9 Å². The lowest BCUT2D eigenvalue weighted by atomic mass is 10.3. The predicted octanol–water partition coefficient (Wildman–Crippen LogP) is 0.943. The molecule has 0 bridgehead atoms. The van der Waals surface area contributed by atoms with Gasteiger partial charge < -0.3 is 4.90 Å². The molecule has 0 aliphatic rings. The van der Waals surface area contributed by atoms with Gasteiger partial charge in [0.05, 0.1) is 5.56 Å². The molecule has 13 heavy (non-hydrogen) atoms. The third-order valence-corrected chi connectivity index (χ3v) is 1.93. The van der Waals surface area contributed by atoms with Crippen molar-refractivity contribution in [3.05, 3.63) is 24.3 Å². The van der Waals surface area contributed by atoms with Gasteiger partial charge in [0.25, 0.3) is 5.91 Å². The average Bonchev–Trinajstić information content (AvgIpc) is 2.18. The smallest absolute Gasteiger partial charge is 0.256 e. The normalized spacial score (nSPS) is 9.69. The largest absolute Gasteiger partial charge is 0.341 e. The van der Waals surface area contributed by atoms with Crippen LogP contribution in [-0.2, 0) is 0 Å². The topological polar surface area (TPSA) is 46.1 Å². The van der Waals surface area contributed by atoms with Gasteiger partial charge in [-0.2, -0.15) is 0 Å². The summed E-state index contributed by atoms with van der Waals surface area (Å²) in [6.45, 7) is 0.674. The Morgan fingerprint density at radius 2 is 2.15 bits per heavy atom. The van der Waals surface area contributed by atoms with Crippen LogP contribution < -0.4 is 0 Å². The fourth-order valence-electron chi connectivity index (χ4n) is 0.858. The van der Waals surface area contributed by atoms with E-state index >= 15 is 0 Å². The molecule has 5 heteroatoms. The molecule has 1 aromatic heterocycles. The van der Waals surface area contributed by atoms with Crippen LogP contribution in [0.3, 0.4) is 0 Å². The van der Waals surface area contributed by atoms with E-state index in [9.17, 15) is 4.79 Å². The molecule has 1 rings (SSSR count). The van der Waals surface area contributed by atoms with E-state index in [4.69, 9.17) is 0 Å². The summed E-state index contributed by atoms with van der Waals surface area (Å²) in [5.74, 6) is -0.0555. The van der Waals surface area contributed by atoms with Gasteiger partial charge in [0.15, 0.2) is 0 Å². The number of carbonyl (C=O) groups is 1. The zero-order valence-corrected chi connectivity index (χ0v) is 8.86. The molecule has 0 aliphatic carbocycles. The van der Waals surface area contributed by atoms with Gasteiger partial charge in [-0.15, -0.1) is 0 Å². The van der Waals surface area contributed by atoms with Crippen molar-refractivity contribution in [1.29, 1.82) is 0 Å². The molecule has 4 nitrogen and oxygen atoms in total. The van der Waals surface area contributed by atoms with Crippen LogP contribution in [0, 0.1) is 0 Å². The first kappa shape index (κ1) is 10.1. The first-order chi connectivity index (χ1) is 6.25. The number of halogens is 1. The van der Waals surface area contributed by atoms with Gasteiger partial charge in [0, 0.05) is 31.3 Å². The summed E-state index contributed by atoms with van der Waals surface area (Å²) in [7, 11) is 1.75. The van der Waals surface area contributed by atoms with Crippen molar-refractivity contribution in [2.75, 3.05) is 18.9 Å². The fraction of sp³-hybridized carbons (Fsp3) is 0.375. The fourth-order valence-corrected chi connectivity index (χ4v) is 1.39. The second-order valence-electron chi connectivity index (χ2n) is 2.54. The van der Waals surface area contributed by atoms with Crippen LogP contribution in [0.5, 0.6) is 0 Å². The monoisotopic (exact) mass is 243 g/mol. The van der Waals surface area contributed by atoms with Crippen LogP contribution in [0.2, 0.25) is 0 Å². The molecule has 0 radical (unpaired) electrons. The van der Waals surface area contributed by atoms with Crippen LogP contribution in [0.15, 0.2) is 18.7 Å². The Morgan fingerprint density at radius 1 is 1.54 bits per heavy atom. The first-order valence-corrected chi connectivity index (χ1v) is 4.94. The lowest BCUT2D eigenvalue weighted by Crippen LogP contribution is -2.28. The minimum atomic E-state index is -0.0555. The molecular weight excluding hydrogens is 234 g/mol. The van der Waals surface area contributed by atoms with Gasteiger partial charge in [-0.25, -0.2) is 9.97 Å². The number of alkyl halides is 1. The van der Waals surface area contributed by atoms with Crippen LogP contribution in [0.1, 0.15) is 10.4 Å². The summed E-state index contributed by atoms with van der Waals surface area (Å²) >= 11 is 3.27. The quantitative estimate of drug-likeness (QED) is 0.743. The number of aromatic nitrogens is 2. The van der Waals surface area contributed by atoms with E-state index in [1.165, 1.54) is 18.7 Å². The molecule has 0 fully saturated rings. The zero-order valence-electron chi connectivity index (χ0n) is 7.27. The van der Waals surface area contributed by atoms with E-state index < -0.39 is 0 Å². The second kappa shape index (κ2) is 4.91. The highest BCUT2D eigenvalue weighted by Gasteiger charge is 2.10. The van der Waals surface area contributed by atoms with Crippen molar-refractivity contribution in [2.24, 2.45) is 0 Å². The SMILES string of the molecule is CN(CCBr)C(=O)c1cncnc1. The molecule has 0 spiro atoms. The molecule has 1 amide bonds. The van der Waals surface area contributed by atoms with Crippen LogP contribution in [0.4, 0.5) is 0 Å². The zero-order chi connectivity index (χ0) is 9.68. The highest BCUT2D eigenvalue weighted by Crippen LogP contribution is 1.99. The number of hydrogen-bond acceptors (Lipinski definition) is 3. The minimum Gasteiger partial charge on any atom is -0.341 e. The van der Waals surface area contributed by atoms with Gasteiger partial charge in [0.1, 0.15) is 6.33 Å². The summed E-state index contributed by atoms with van der Waals surface area (Å²) in [5.41, 5.74) is 0.519. The third kappa shape index (κ3) is 2.77. The summed E-state index contributed by atoms with van der Waals surface area (Å²) < 4.78 is 0. The maximum atomic E-state index is 11.6. The number of carbonyl (C=O) groups excluding carboxylic acids is 1. The van der Waals surface area contributed by atoms with Crippen molar-refractivity contribution in [3.8, 4) is 0 Å². The predicted molar refractivity (Wildman–Crippen MR) is 52.8 cm³/mol. The molecule has 0 aromatic carbocycles. The van der Waals surface area contributed by atoms with Gasteiger partial charge in [-0.05, 0) is 0 Å². The average molecular weight is 244 g/mol. The molecule has 1 heterocycles. The summed E-state index contributed by atoms with van der Waals surface area (Å²) in [6.07, 6.45) is 4.43. The van der Waals surface area contributed by atoms with Crippen LogP contribution in [0.25, 0.3) is 0 Å². The van der Waals surface area contributed by atoms with E-state index in [-0.39, 0.29) is 5.91 Å². The Bertz CT molecular complexity index is 278. The third-order valence-electron chi connectivity index (χ3n) is 1.57. The number of rotatable bonds is 3. The Hall–Kier alpha value is -0.970. The lowest BCUT2D eigenvalue weighted by molar-refractivity contribution is 0.0803. The maximum absolute atomic E-state index is 11.6. The molecule has 0 saturated carbocycles. The van der Waals surface area contributed by atoms with Crippen molar-refractivity contribution in [3.63, 3.8) is 0 Å². The van der Waals surface area contributed by atoms with Gasteiger partial charge >= 0.3 is 0 Å². The lowest BCUT2D eigenvalue weighted by Gasteiger charge is -2.14. The van der Waals surface area contributed by atoms with Crippen LogP contribution >= 0.6 is 15.9 Å². The van der Waals surface area contributed by atoms with E-state index in [0.29, 0.717) is 12.1 Å². The summed E-state index contributed by atoms with van der Waals surface area (Å²) in [6, 6.07) is 0. The van der Waals surface area contributed by atoms with E-state index in [1.807, 2.05) is 0 Å². The van der Waals surface area contributed by atoms with Crippen molar-refractivity contribution in [2.45, 2.75) is 0 Å². The van der Waals surface area contributed by atoms with Crippen molar-refractivity contribution in [1.82, 2.24) is 14.9 Å². The molecule has 0 unspecified atom stereocenters. The molecule has 0 atom stereocenters. The summed E-state index contributed by atoms with van der Waals surface area (Å²) in [4.78, 5) is 20.7. The number of amides is 1. The molecule has 0 saturated heterocycles. The summed E-state index contributed by atoms with van der Waals surface area (Å²) in [5, 5.41) is 0.767. The molecule has 0 aliphatic heterocycles. The Kier molecular flexibility index (Phi) is 3.82. The van der Waals surface area contributed by atoms with Crippen molar-refractivity contribution >= 4 is 21.8 Å². The standard InChI is InChI=1S/C8H10BrN3O/c1-12(3-2-9)8(13)7-4-10-6-11-5-7/h4-6H,2-3H2,1H3. The first-order valence-electron chi connectivity index (χ1n) is 3.82. The Morgan fingerprint density at radius 3 is 2.69 bits per heavy atom. The molecule has 1 aromatic rings. The Balaban J connectivity index is 2.68. The molecule has 0 N–H and O–H groups in total. The maximum Gasteiger partial charge on any atom is 0.256 e. The van der Waals surface area contributed by atoms with E-state index in [0.717, 1.165) is 5.33 Å². The number of hydrogen-bond donors (Lipinski definition) is 0. The van der Waals surface area contributed by atoms with Gasteiger partial charge in [-0.1, -0.05) is 15.9 Å². The molecular formula is C8H10BrN3O. The van der Waals surface area contributed by atoms with Gasteiger partial charge in [-0.3, -0.25) is 4.79 Å². The Labute approximate surface area is 85.1 Å². The highest BCUT2D eigenvalue weighted by atomic mass is 79.9. The number of nitrogens with zero attached hydrogens (tertiary/aromatic N) is 3. The van der Waals surface area contributed by atoms with Crippen molar-refractivity contribution < 1.29 is 4.79 Å². The van der Waals surface area contributed by atoms with Crippen LogP contribution in [-0.4, -0.2) is 39.7 Å².